The molecule has 4 heteroatoms. The Morgan fingerprint density at radius 1 is 1.57 bits per heavy atom. The standard InChI is InChI=1S/C10H11NO3/c12-10(13)6-7-1-2-9-8(5-7)11-3-4-14-9/h1-2,5,11H,3-4,6H2,(H,12,13). The number of rotatable bonds is 2. The van der Waals surface area contributed by atoms with Crippen LogP contribution in [0.1, 0.15) is 5.56 Å². The molecule has 0 amide bonds. The van der Waals surface area contributed by atoms with Gasteiger partial charge in [0.15, 0.2) is 0 Å². The molecule has 0 saturated heterocycles. The molecular weight excluding hydrogens is 182 g/mol. The van der Waals surface area contributed by atoms with E-state index in [2.05, 4.69) is 5.32 Å². The molecule has 0 aliphatic carbocycles. The summed E-state index contributed by atoms with van der Waals surface area (Å²) in [5.74, 6) is -0.0212. The third-order valence-electron chi connectivity index (χ3n) is 2.07. The Morgan fingerprint density at radius 2 is 2.43 bits per heavy atom. The molecule has 2 N–H and O–H groups in total. The molecule has 0 radical (unpaired) electrons. The van der Waals surface area contributed by atoms with Crippen LogP contribution < -0.4 is 10.1 Å². The largest absolute Gasteiger partial charge is 0.490 e. The van der Waals surface area contributed by atoms with E-state index in [0.29, 0.717) is 6.61 Å². The fourth-order valence-electron chi connectivity index (χ4n) is 1.47. The minimum absolute atomic E-state index is 0.0506. The smallest absolute Gasteiger partial charge is 0.307 e. The van der Waals surface area contributed by atoms with Crippen LogP contribution >= 0.6 is 0 Å². The number of hydrogen-bond acceptors (Lipinski definition) is 3. The molecule has 1 heterocycles. The van der Waals surface area contributed by atoms with Gasteiger partial charge in [-0.25, -0.2) is 0 Å². The van der Waals surface area contributed by atoms with Crippen molar-refractivity contribution in [2.24, 2.45) is 0 Å². The normalized spacial score (nSPS) is 13.7. The molecule has 0 unspecified atom stereocenters. The first-order valence-electron chi connectivity index (χ1n) is 4.47. The summed E-state index contributed by atoms with van der Waals surface area (Å²) in [6.07, 6.45) is 0.0506. The van der Waals surface area contributed by atoms with E-state index in [1.807, 2.05) is 6.07 Å². The first-order chi connectivity index (χ1) is 6.75. The van der Waals surface area contributed by atoms with Crippen LogP contribution in [0, 0.1) is 0 Å². The second kappa shape index (κ2) is 3.57. The Balaban J connectivity index is 2.24. The summed E-state index contributed by atoms with van der Waals surface area (Å²) < 4.78 is 5.37. The Hall–Kier alpha value is -1.71. The molecule has 74 valence electrons. The molecule has 0 fully saturated rings. The van der Waals surface area contributed by atoms with Crippen LogP contribution in [0.2, 0.25) is 0 Å². The molecular formula is C10H11NO3. The number of benzene rings is 1. The number of nitrogens with one attached hydrogen (secondary N) is 1. The zero-order valence-electron chi connectivity index (χ0n) is 7.62. The summed E-state index contributed by atoms with van der Waals surface area (Å²) >= 11 is 0. The summed E-state index contributed by atoms with van der Waals surface area (Å²) in [6, 6.07) is 5.41. The molecule has 4 nitrogen and oxygen atoms in total. The summed E-state index contributed by atoms with van der Waals surface area (Å²) in [5.41, 5.74) is 1.67. The highest BCUT2D eigenvalue weighted by molar-refractivity contribution is 5.71. The topological polar surface area (TPSA) is 58.6 Å². The Labute approximate surface area is 81.5 Å². The van der Waals surface area contributed by atoms with Gasteiger partial charge < -0.3 is 15.2 Å². The van der Waals surface area contributed by atoms with Crippen LogP contribution in [0.15, 0.2) is 18.2 Å². The molecule has 1 aromatic carbocycles. The highest BCUT2D eigenvalue weighted by Gasteiger charge is 2.10. The van der Waals surface area contributed by atoms with E-state index in [0.717, 1.165) is 23.5 Å². The molecule has 2 rings (SSSR count). The number of carboxylic acid groups (broad SMARTS) is 1. The van der Waals surface area contributed by atoms with Crippen LogP contribution in [0.25, 0.3) is 0 Å². The summed E-state index contributed by atoms with van der Waals surface area (Å²) in [6.45, 7) is 1.43. The second-order valence-electron chi connectivity index (χ2n) is 3.18. The average molecular weight is 193 g/mol. The molecule has 0 saturated carbocycles. The van der Waals surface area contributed by atoms with Gasteiger partial charge in [-0.15, -0.1) is 0 Å². The highest BCUT2D eigenvalue weighted by Crippen LogP contribution is 2.28. The first kappa shape index (κ1) is 8.87. The Morgan fingerprint density at radius 3 is 3.21 bits per heavy atom. The predicted octanol–water partition coefficient (Wildman–Crippen LogP) is 1.12. The number of anilines is 1. The quantitative estimate of drug-likeness (QED) is 0.738. The lowest BCUT2D eigenvalue weighted by Gasteiger charge is -2.19. The van der Waals surface area contributed by atoms with Crippen molar-refractivity contribution in [3.8, 4) is 5.75 Å². The number of ether oxygens (including phenoxy) is 1. The van der Waals surface area contributed by atoms with Gasteiger partial charge in [0.25, 0.3) is 0 Å². The number of fused-ring (bicyclic) bond motifs is 1. The first-order valence-corrected chi connectivity index (χ1v) is 4.47. The van der Waals surface area contributed by atoms with Crippen LogP contribution in [0.4, 0.5) is 5.69 Å². The SMILES string of the molecule is O=C(O)Cc1ccc2c(c1)NCCO2. The van der Waals surface area contributed by atoms with Crippen LogP contribution in [0.5, 0.6) is 5.75 Å². The molecule has 0 spiro atoms. The molecule has 0 atom stereocenters. The fraction of sp³-hybridized carbons (Fsp3) is 0.300. The van der Waals surface area contributed by atoms with Crippen molar-refractivity contribution in [2.45, 2.75) is 6.42 Å². The van der Waals surface area contributed by atoms with Crippen molar-refractivity contribution in [1.29, 1.82) is 0 Å². The molecule has 1 aromatic rings. The molecule has 1 aliphatic rings. The minimum atomic E-state index is -0.818. The lowest BCUT2D eigenvalue weighted by Crippen LogP contribution is -2.18. The van der Waals surface area contributed by atoms with Crippen molar-refractivity contribution < 1.29 is 14.6 Å². The van der Waals surface area contributed by atoms with E-state index in [9.17, 15) is 4.79 Å². The van der Waals surface area contributed by atoms with E-state index in [1.54, 1.807) is 12.1 Å². The fourth-order valence-corrected chi connectivity index (χ4v) is 1.47. The van der Waals surface area contributed by atoms with Crippen molar-refractivity contribution in [3.05, 3.63) is 23.8 Å². The lowest BCUT2D eigenvalue weighted by atomic mass is 10.1. The number of carbonyl (C=O) groups is 1. The zero-order valence-corrected chi connectivity index (χ0v) is 7.62. The Kier molecular flexibility index (Phi) is 2.26. The van der Waals surface area contributed by atoms with Crippen molar-refractivity contribution in [1.82, 2.24) is 0 Å². The number of hydrogen-bond donors (Lipinski definition) is 2. The highest BCUT2D eigenvalue weighted by atomic mass is 16.5. The molecule has 1 aliphatic heterocycles. The second-order valence-corrected chi connectivity index (χ2v) is 3.18. The van der Waals surface area contributed by atoms with Gasteiger partial charge in [0.1, 0.15) is 12.4 Å². The summed E-state index contributed by atoms with van der Waals surface area (Å²) in [5, 5.41) is 11.8. The van der Waals surface area contributed by atoms with Crippen LogP contribution in [-0.2, 0) is 11.2 Å². The summed E-state index contributed by atoms with van der Waals surface area (Å²) in [4.78, 5) is 10.5. The predicted molar refractivity (Wildman–Crippen MR) is 51.8 cm³/mol. The summed E-state index contributed by atoms with van der Waals surface area (Å²) in [7, 11) is 0. The van der Waals surface area contributed by atoms with Gasteiger partial charge in [-0.3, -0.25) is 4.79 Å². The molecule has 14 heavy (non-hydrogen) atoms. The Bertz CT molecular complexity index is 362. The van der Waals surface area contributed by atoms with Crippen LogP contribution in [0.3, 0.4) is 0 Å². The monoisotopic (exact) mass is 193 g/mol. The zero-order chi connectivity index (χ0) is 9.97. The van der Waals surface area contributed by atoms with Gasteiger partial charge >= 0.3 is 5.97 Å². The number of aliphatic carboxylic acids is 1. The molecule has 0 aromatic heterocycles. The maximum absolute atomic E-state index is 10.5. The van der Waals surface area contributed by atoms with E-state index < -0.39 is 5.97 Å². The van der Waals surface area contributed by atoms with Gasteiger partial charge in [-0.1, -0.05) is 6.07 Å². The van der Waals surface area contributed by atoms with E-state index in [1.165, 1.54) is 0 Å². The van der Waals surface area contributed by atoms with Gasteiger partial charge in [-0.05, 0) is 17.7 Å². The van der Waals surface area contributed by atoms with Gasteiger partial charge in [0, 0.05) is 6.54 Å². The van der Waals surface area contributed by atoms with E-state index in [4.69, 9.17) is 9.84 Å². The van der Waals surface area contributed by atoms with Gasteiger partial charge in [0.2, 0.25) is 0 Å². The lowest BCUT2D eigenvalue weighted by molar-refractivity contribution is -0.136. The van der Waals surface area contributed by atoms with E-state index >= 15 is 0 Å². The van der Waals surface area contributed by atoms with Crippen molar-refractivity contribution in [3.63, 3.8) is 0 Å². The maximum Gasteiger partial charge on any atom is 0.307 e. The number of carboxylic acids is 1. The van der Waals surface area contributed by atoms with Gasteiger partial charge in [-0.2, -0.15) is 0 Å². The molecule has 0 bridgehead atoms. The van der Waals surface area contributed by atoms with Gasteiger partial charge in [0.05, 0.1) is 12.1 Å². The maximum atomic E-state index is 10.5. The third-order valence-corrected chi connectivity index (χ3v) is 2.07. The van der Waals surface area contributed by atoms with Crippen molar-refractivity contribution in [2.75, 3.05) is 18.5 Å². The minimum Gasteiger partial charge on any atom is -0.490 e. The van der Waals surface area contributed by atoms with Crippen LogP contribution in [-0.4, -0.2) is 24.2 Å². The van der Waals surface area contributed by atoms with Crippen molar-refractivity contribution >= 4 is 11.7 Å². The van der Waals surface area contributed by atoms with E-state index in [-0.39, 0.29) is 6.42 Å². The third kappa shape index (κ3) is 1.79. The average Bonchev–Trinajstić information content (AvgIpc) is 2.17.